The van der Waals surface area contributed by atoms with Gasteiger partial charge in [0.15, 0.2) is 0 Å². The predicted octanol–water partition coefficient (Wildman–Crippen LogP) is 3.20. The lowest BCUT2D eigenvalue weighted by Gasteiger charge is -2.07. The van der Waals surface area contributed by atoms with Gasteiger partial charge in [0.25, 0.3) is 0 Å². The van der Waals surface area contributed by atoms with E-state index in [4.69, 9.17) is 0 Å². The zero-order valence-electron chi connectivity index (χ0n) is 7.05. The monoisotopic (exact) mass is 284 g/mol. The Labute approximate surface area is 90.9 Å². The molecule has 2 aliphatic rings. The Bertz CT molecular complexity index is 394. The second-order valence-corrected chi connectivity index (χ2v) is 4.28. The van der Waals surface area contributed by atoms with Gasteiger partial charge in [-0.3, -0.25) is 4.99 Å². The van der Waals surface area contributed by atoms with Gasteiger partial charge in [-0.15, -0.1) is 0 Å². The molecule has 1 fully saturated rings. The standard InChI is InChI=1S/C10H9IN2/c11-13-7-1-2-9-8(5-7)10(3-4-10)6-12-9/h1-2,5-6,13H,3-4H2. The quantitative estimate of drug-likeness (QED) is 0.621. The van der Waals surface area contributed by atoms with E-state index in [0.29, 0.717) is 5.41 Å². The van der Waals surface area contributed by atoms with Crippen molar-refractivity contribution in [2.24, 2.45) is 4.99 Å². The van der Waals surface area contributed by atoms with Crippen molar-refractivity contribution >= 4 is 40.5 Å². The maximum absolute atomic E-state index is 4.43. The molecule has 1 heterocycles. The van der Waals surface area contributed by atoms with E-state index in [-0.39, 0.29) is 0 Å². The minimum Gasteiger partial charge on any atom is -0.328 e. The Morgan fingerprint density at radius 2 is 2.23 bits per heavy atom. The highest BCUT2D eigenvalue weighted by Gasteiger charge is 2.47. The number of hydrogen-bond donors (Lipinski definition) is 1. The van der Waals surface area contributed by atoms with Crippen molar-refractivity contribution in [2.75, 3.05) is 3.53 Å². The third kappa shape index (κ3) is 1.03. The summed E-state index contributed by atoms with van der Waals surface area (Å²) in [5.74, 6) is 0. The van der Waals surface area contributed by atoms with E-state index in [0.717, 1.165) is 5.69 Å². The number of hydrogen-bond acceptors (Lipinski definition) is 2. The molecule has 2 nitrogen and oxygen atoms in total. The van der Waals surface area contributed by atoms with E-state index in [2.05, 4.69) is 55.8 Å². The van der Waals surface area contributed by atoms with Gasteiger partial charge in [0.05, 0.1) is 28.6 Å². The lowest BCUT2D eigenvalue weighted by atomic mass is 9.98. The van der Waals surface area contributed by atoms with Crippen LogP contribution < -0.4 is 3.53 Å². The van der Waals surface area contributed by atoms with Crippen LogP contribution in [0.5, 0.6) is 0 Å². The molecule has 1 aromatic rings. The molecule has 0 atom stereocenters. The Balaban J connectivity index is 2.16. The topological polar surface area (TPSA) is 24.4 Å². The third-order valence-electron chi connectivity index (χ3n) is 2.88. The Morgan fingerprint density at radius 3 is 2.92 bits per heavy atom. The van der Waals surface area contributed by atoms with Crippen LogP contribution in [0.3, 0.4) is 0 Å². The first-order valence-corrected chi connectivity index (χ1v) is 5.48. The van der Waals surface area contributed by atoms with Gasteiger partial charge in [-0.05, 0) is 36.6 Å². The van der Waals surface area contributed by atoms with Gasteiger partial charge in [0, 0.05) is 17.3 Å². The SMILES string of the molecule is INc1ccc2c(c1)C1(C=N2)CC1. The van der Waals surface area contributed by atoms with Gasteiger partial charge in [0.2, 0.25) is 0 Å². The summed E-state index contributed by atoms with van der Waals surface area (Å²) < 4.78 is 3.14. The molecule has 0 unspecified atom stereocenters. The minimum absolute atomic E-state index is 0.332. The molecule has 1 aromatic carbocycles. The van der Waals surface area contributed by atoms with Crippen molar-refractivity contribution in [3.05, 3.63) is 23.8 Å². The van der Waals surface area contributed by atoms with Crippen molar-refractivity contribution in [3.63, 3.8) is 0 Å². The number of fused-ring (bicyclic) bond motifs is 2. The van der Waals surface area contributed by atoms with E-state index < -0.39 is 0 Å². The molecule has 0 aromatic heterocycles. The molecule has 3 rings (SSSR count). The molecule has 0 saturated heterocycles. The summed E-state index contributed by atoms with van der Waals surface area (Å²) in [4.78, 5) is 4.43. The van der Waals surface area contributed by atoms with E-state index in [1.807, 2.05) is 0 Å². The molecule has 1 N–H and O–H groups in total. The predicted molar refractivity (Wildman–Crippen MR) is 63.1 cm³/mol. The molecule has 0 bridgehead atoms. The van der Waals surface area contributed by atoms with Crippen LogP contribution in [0.4, 0.5) is 11.4 Å². The summed E-state index contributed by atoms with van der Waals surface area (Å²) in [6.07, 6.45) is 4.66. The van der Waals surface area contributed by atoms with Crippen molar-refractivity contribution in [1.29, 1.82) is 0 Å². The smallest absolute Gasteiger partial charge is 0.0669 e. The number of nitrogens with one attached hydrogen (secondary N) is 1. The molecular weight excluding hydrogens is 275 g/mol. The Morgan fingerprint density at radius 1 is 1.38 bits per heavy atom. The van der Waals surface area contributed by atoms with E-state index in [9.17, 15) is 0 Å². The molecule has 0 amide bonds. The van der Waals surface area contributed by atoms with E-state index >= 15 is 0 Å². The molecule has 1 saturated carbocycles. The summed E-state index contributed by atoms with van der Waals surface area (Å²) in [5.41, 5.74) is 4.08. The zero-order valence-corrected chi connectivity index (χ0v) is 9.21. The molecule has 3 heteroatoms. The van der Waals surface area contributed by atoms with Crippen LogP contribution in [-0.4, -0.2) is 6.21 Å². The molecule has 66 valence electrons. The fraction of sp³-hybridized carbons (Fsp3) is 0.300. The van der Waals surface area contributed by atoms with Crippen LogP contribution >= 0.6 is 22.9 Å². The van der Waals surface area contributed by atoms with Crippen molar-refractivity contribution in [3.8, 4) is 0 Å². The van der Waals surface area contributed by atoms with Crippen LogP contribution in [0.25, 0.3) is 0 Å². The second-order valence-electron chi connectivity index (χ2n) is 3.74. The fourth-order valence-electron chi connectivity index (χ4n) is 1.90. The van der Waals surface area contributed by atoms with Gasteiger partial charge in [-0.1, -0.05) is 0 Å². The maximum Gasteiger partial charge on any atom is 0.0669 e. The number of aliphatic imine (C=N–C) groups is 1. The number of rotatable bonds is 1. The van der Waals surface area contributed by atoms with Gasteiger partial charge in [0.1, 0.15) is 0 Å². The van der Waals surface area contributed by atoms with Crippen LogP contribution in [0.1, 0.15) is 18.4 Å². The average molecular weight is 284 g/mol. The van der Waals surface area contributed by atoms with Crippen LogP contribution in [0.15, 0.2) is 23.2 Å². The average Bonchev–Trinajstić information content (AvgIpc) is 2.86. The molecule has 13 heavy (non-hydrogen) atoms. The van der Waals surface area contributed by atoms with Crippen molar-refractivity contribution in [2.45, 2.75) is 18.3 Å². The van der Waals surface area contributed by atoms with Gasteiger partial charge >= 0.3 is 0 Å². The first kappa shape index (κ1) is 7.79. The number of benzene rings is 1. The summed E-state index contributed by atoms with van der Waals surface area (Å²) >= 11 is 2.16. The largest absolute Gasteiger partial charge is 0.328 e. The van der Waals surface area contributed by atoms with Gasteiger partial charge in [-0.2, -0.15) is 0 Å². The highest BCUT2D eigenvalue weighted by atomic mass is 127. The second kappa shape index (κ2) is 2.47. The Hall–Kier alpha value is -0.580. The number of anilines is 1. The first-order valence-electron chi connectivity index (χ1n) is 4.40. The highest BCUT2D eigenvalue weighted by molar-refractivity contribution is 14.1. The Kier molecular flexibility index (Phi) is 1.48. The van der Waals surface area contributed by atoms with Crippen LogP contribution in [0.2, 0.25) is 0 Å². The zero-order chi connectivity index (χ0) is 8.89. The van der Waals surface area contributed by atoms with Crippen molar-refractivity contribution < 1.29 is 0 Å². The molecule has 1 aliphatic carbocycles. The minimum atomic E-state index is 0.332. The van der Waals surface area contributed by atoms with E-state index in [1.54, 1.807) is 0 Å². The van der Waals surface area contributed by atoms with E-state index in [1.165, 1.54) is 24.1 Å². The molecule has 0 radical (unpaired) electrons. The normalized spacial score (nSPS) is 20.4. The fourth-order valence-corrected chi connectivity index (χ4v) is 2.24. The summed E-state index contributed by atoms with van der Waals surface area (Å²) in [6.45, 7) is 0. The first-order chi connectivity index (χ1) is 6.34. The third-order valence-corrected chi connectivity index (χ3v) is 3.50. The highest BCUT2D eigenvalue weighted by Crippen LogP contribution is 2.54. The lowest BCUT2D eigenvalue weighted by molar-refractivity contribution is 1.01. The lowest BCUT2D eigenvalue weighted by Crippen LogP contribution is -2.02. The molecular formula is C10H9IN2. The van der Waals surface area contributed by atoms with Crippen molar-refractivity contribution in [1.82, 2.24) is 0 Å². The number of halogens is 1. The van der Waals surface area contributed by atoms with Crippen LogP contribution in [-0.2, 0) is 5.41 Å². The summed E-state index contributed by atoms with van der Waals surface area (Å²) in [6, 6.07) is 6.39. The molecule has 1 spiro atoms. The summed E-state index contributed by atoms with van der Waals surface area (Å²) in [5, 5.41) is 0. The van der Waals surface area contributed by atoms with Gasteiger partial charge in [-0.25, -0.2) is 0 Å². The number of nitrogens with zero attached hydrogens (tertiary/aromatic N) is 1. The molecule has 1 aliphatic heterocycles. The summed E-state index contributed by atoms with van der Waals surface area (Å²) in [7, 11) is 0. The maximum atomic E-state index is 4.43. The van der Waals surface area contributed by atoms with Crippen LogP contribution in [0, 0.1) is 0 Å². The van der Waals surface area contributed by atoms with Gasteiger partial charge < -0.3 is 3.53 Å².